The van der Waals surface area contributed by atoms with Gasteiger partial charge in [-0.05, 0) is 84.1 Å². The first kappa shape index (κ1) is 24.2. The van der Waals surface area contributed by atoms with Gasteiger partial charge in [-0.1, -0.05) is 75.9 Å². The maximum Gasteiger partial charge on any atom is 0.131 e. The van der Waals surface area contributed by atoms with E-state index in [4.69, 9.17) is 0 Å². The monoisotopic (exact) mass is 470 g/mol. The summed E-state index contributed by atoms with van der Waals surface area (Å²) in [6.45, 7) is 4.57. The number of benzene rings is 2. The van der Waals surface area contributed by atoms with E-state index in [1.54, 1.807) is 0 Å². The Labute approximate surface area is 203 Å². The van der Waals surface area contributed by atoms with Gasteiger partial charge in [-0.3, -0.25) is 0 Å². The Balaban J connectivity index is 1.35. The first-order valence-corrected chi connectivity index (χ1v) is 14.9. The molecule has 1 saturated heterocycles. The summed E-state index contributed by atoms with van der Waals surface area (Å²) < 4.78 is 15.6. The van der Waals surface area contributed by atoms with Crippen molar-refractivity contribution >= 4 is 23.5 Å². The Kier molecular flexibility index (Phi) is 9.06. The van der Waals surface area contributed by atoms with Gasteiger partial charge in [0.05, 0.1) is 4.58 Å². The Hall–Kier alpha value is -0.930. The van der Waals surface area contributed by atoms with Gasteiger partial charge in [0.1, 0.15) is 5.82 Å². The highest BCUT2D eigenvalue weighted by Gasteiger charge is 2.24. The molecule has 3 heteroatoms. The Morgan fingerprint density at radius 3 is 2.12 bits per heavy atom. The maximum atomic E-state index is 15.1. The summed E-state index contributed by atoms with van der Waals surface area (Å²) in [7, 11) is 0. The van der Waals surface area contributed by atoms with E-state index in [9.17, 15) is 0 Å². The first-order chi connectivity index (χ1) is 15.7. The lowest BCUT2D eigenvalue weighted by Crippen LogP contribution is -2.14. The second-order valence-corrected chi connectivity index (χ2v) is 12.4. The molecule has 0 bridgehead atoms. The number of unbranched alkanes of at least 4 members (excludes halogenated alkanes) is 2. The molecule has 0 radical (unpaired) electrons. The van der Waals surface area contributed by atoms with Gasteiger partial charge < -0.3 is 0 Å². The normalized spacial score (nSPS) is 26.2. The fourth-order valence-corrected chi connectivity index (χ4v) is 8.50. The van der Waals surface area contributed by atoms with Crippen LogP contribution in [0.5, 0.6) is 0 Å². The molecule has 0 unspecified atom stereocenters. The molecule has 0 spiro atoms. The average Bonchev–Trinajstić information content (AvgIpc) is 2.85. The fraction of sp³-hybridized carbons (Fsp3) is 0.586. The van der Waals surface area contributed by atoms with Crippen LogP contribution in [0, 0.1) is 17.7 Å². The average molecular weight is 471 g/mol. The van der Waals surface area contributed by atoms with Gasteiger partial charge in [0.25, 0.3) is 0 Å². The van der Waals surface area contributed by atoms with Gasteiger partial charge in [0.15, 0.2) is 0 Å². The van der Waals surface area contributed by atoms with E-state index < -0.39 is 0 Å². The molecule has 1 aliphatic heterocycles. The second kappa shape index (κ2) is 12.0. The van der Waals surface area contributed by atoms with E-state index in [-0.39, 0.29) is 5.82 Å². The van der Waals surface area contributed by atoms with Crippen LogP contribution in [0.25, 0.3) is 11.1 Å². The van der Waals surface area contributed by atoms with Crippen LogP contribution in [0.3, 0.4) is 0 Å². The molecular formula is C29H39FS2. The molecule has 0 atom stereocenters. The quantitative estimate of drug-likeness (QED) is 0.352. The number of hydrogen-bond donors (Lipinski definition) is 0. The van der Waals surface area contributed by atoms with Crippen LogP contribution < -0.4 is 0 Å². The minimum Gasteiger partial charge on any atom is -0.206 e. The third-order valence-electron chi connectivity index (χ3n) is 7.57. The smallest absolute Gasteiger partial charge is 0.131 e. The van der Waals surface area contributed by atoms with E-state index in [1.165, 1.54) is 80.4 Å². The molecule has 0 N–H and O–H groups in total. The molecule has 0 nitrogen and oxygen atoms in total. The van der Waals surface area contributed by atoms with Crippen molar-refractivity contribution in [3.8, 4) is 11.1 Å². The topological polar surface area (TPSA) is 0 Å². The van der Waals surface area contributed by atoms with E-state index >= 15 is 4.39 Å². The van der Waals surface area contributed by atoms with Gasteiger partial charge in [-0.15, -0.1) is 23.5 Å². The standard InChI is InChI=1S/C29H39FS2/c1-3-5-6-7-22-19-31-29(32-20-22)25-14-12-24(13-15-25)27-17-16-26(18-28(27)30)23-10-8-21(4-2)9-11-23/h12-18,21-23,29H,3-11,19-20H2,1-2H3. The summed E-state index contributed by atoms with van der Waals surface area (Å²) in [5.41, 5.74) is 4.31. The van der Waals surface area contributed by atoms with Crippen molar-refractivity contribution in [1.82, 2.24) is 0 Å². The molecule has 2 aliphatic rings. The predicted molar refractivity (Wildman–Crippen MR) is 142 cm³/mol. The Morgan fingerprint density at radius 1 is 0.812 bits per heavy atom. The van der Waals surface area contributed by atoms with Crippen LogP contribution in [-0.2, 0) is 0 Å². The zero-order valence-corrected chi connectivity index (χ0v) is 21.5. The van der Waals surface area contributed by atoms with Crippen LogP contribution in [-0.4, -0.2) is 11.5 Å². The summed E-state index contributed by atoms with van der Waals surface area (Å²) >= 11 is 4.19. The molecule has 2 fully saturated rings. The zero-order chi connectivity index (χ0) is 22.3. The lowest BCUT2D eigenvalue weighted by molar-refractivity contribution is 0.318. The van der Waals surface area contributed by atoms with Gasteiger partial charge in [0.2, 0.25) is 0 Å². The number of hydrogen-bond acceptors (Lipinski definition) is 2. The van der Waals surface area contributed by atoms with Crippen LogP contribution in [0.2, 0.25) is 0 Å². The van der Waals surface area contributed by atoms with Crippen molar-refractivity contribution in [3.63, 3.8) is 0 Å². The third kappa shape index (κ3) is 6.14. The van der Waals surface area contributed by atoms with Crippen LogP contribution in [0.4, 0.5) is 4.39 Å². The first-order valence-electron chi connectivity index (χ1n) is 12.8. The summed E-state index contributed by atoms with van der Waals surface area (Å²) in [4.78, 5) is 0. The van der Waals surface area contributed by atoms with Gasteiger partial charge in [-0.2, -0.15) is 0 Å². The van der Waals surface area contributed by atoms with E-state index in [0.29, 0.717) is 10.5 Å². The Morgan fingerprint density at radius 2 is 1.50 bits per heavy atom. The van der Waals surface area contributed by atoms with E-state index in [2.05, 4.69) is 67.7 Å². The van der Waals surface area contributed by atoms with Gasteiger partial charge in [-0.25, -0.2) is 4.39 Å². The summed E-state index contributed by atoms with van der Waals surface area (Å²) in [6, 6.07) is 14.7. The molecule has 1 heterocycles. The molecule has 0 aromatic heterocycles. The minimum atomic E-state index is -0.0656. The lowest BCUT2D eigenvalue weighted by atomic mass is 9.77. The SMILES string of the molecule is CCCCCC1CSC(c2ccc(-c3ccc(C4CCC(CC)CC4)cc3F)cc2)SC1. The lowest BCUT2D eigenvalue weighted by Gasteiger charge is -2.28. The van der Waals surface area contributed by atoms with Crippen LogP contribution >= 0.6 is 23.5 Å². The molecule has 2 aromatic carbocycles. The second-order valence-electron chi connectivity index (χ2n) is 9.85. The zero-order valence-electron chi connectivity index (χ0n) is 19.8. The Bertz CT molecular complexity index is 831. The molecule has 1 aliphatic carbocycles. The molecule has 0 amide bonds. The van der Waals surface area contributed by atoms with Gasteiger partial charge in [0, 0.05) is 5.56 Å². The van der Waals surface area contributed by atoms with E-state index in [0.717, 1.165) is 23.0 Å². The molecular weight excluding hydrogens is 431 g/mol. The van der Waals surface area contributed by atoms with Crippen LogP contribution in [0.15, 0.2) is 42.5 Å². The molecule has 4 rings (SSSR count). The van der Waals surface area contributed by atoms with Crippen molar-refractivity contribution in [3.05, 3.63) is 59.4 Å². The predicted octanol–water partition coefficient (Wildman–Crippen LogP) is 9.85. The highest BCUT2D eigenvalue weighted by atomic mass is 32.2. The highest BCUT2D eigenvalue weighted by molar-refractivity contribution is 8.16. The van der Waals surface area contributed by atoms with Crippen LogP contribution in [0.1, 0.15) is 93.3 Å². The number of halogens is 1. The molecule has 174 valence electrons. The van der Waals surface area contributed by atoms with Crippen molar-refractivity contribution in [2.24, 2.45) is 11.8 Å². The maximum absolute atomic E-state index is 15.1. The number of thioether (sulfide) groups is 2. The van der Waals surface area contributed by atoms with Crippen molar-refractivity contribution < 1.29 is 4.39 Å². The summed E-state index contributed by atoms with van der Waals surface area (Å²) in [5, 5.41) is 0. The molecule has 1 saturated carbocycles. The van der Waals surface area contributed by atoms with Crippen molar-refractivity contribution in [1.29, 1.82) is 0 Å². The largest absolute Gasteiger partial charge is 0.206 e. The third-order valence-corrected chi connectivity index (χ3v) is 10.9. The minimum absolute atomic E-state index is 0.0656. The van der Waals surface area contributed by atoms with Crippen molar-refractivity contribution in [2.45, 2.75) is 82.1 Å². The molecule has 32 heavy (non-hydrogen) atoms. The van der Waals surface area contributed by atoms with Gasteiger partial charge >= 0.3 is 0 Å². The highest BCUT2D eigenvalue weighted by Crippen LogP contribution is 2.46. The molecule has 2 aromatic rings. The summed E-state index contributed by atoms with van der Waals surface area (Å²) in [6.07, 6.45) is 11.7. The fourth-order valence-electron chi connectivity index (χ4n) is 5.33. The number of rotatable bonds is 8. The van der Waals surface area contributed by atoms with E-state index in [1.807, 2.05) is 12.1 Å². The summed E-state index contributed by atoms with van der Waals surface area (Å²) in [5.74, 6) is 4.77. The van der Waals surface area contributed by atoms with Crippen molar-refractivity contribution in [2.75, 3.05) is 11.5 Å².